The van der Waals surface area contributed by atoms with Crippen LogP contribution in [0.5, 0.6) is 5.75 Å². The van der Waals surface area contributed by atoms with Crippen LogP contribution in [0.4, 0.5) is 0 Å². The first-order valence-electron chi connectivity index (χ1n) is 5.28. The fourth-order valence-corrected chi connectivity index (χ4v) is 1.44. The molecular formula is C12H16INO3. The Labute approximate surface area is 115 Å². The van der Waals surface area contributed by atoms with E-state index in [9.17, 15) is 9.90 Å². The first-order chi connectivity index (χ1) is 7.89. The average molecular weight is 349 g/mol. The maximum Gasteiger partial charge on any atom is 0.251 e. The Morgan fingerprint density at radius 1 is 1.41 bits per heavy atom. The zero-order chi connectivity index (χ0) is 12.9. The number of aliphatic hydroxyl groups is 1. The van der Waals surface area contributed by atoms with Crippen LogP contribution in [0, 0.1) is 3.57 Å². The highest BCUT2D eigenvalue weighted by atomic mass is 127. The third-order valence-electron chi connectivity index (χ3n) is 2.03. The second-order valence-corrected chi connectivity index (χ2v) is 5.36. The van der Waals surface area contributed by atoms with E-state index in [4.69, 9.17) is 4.74 Å². The lowest BCUT2D eigenvalue weighted by atomic mass is 10.1. The van der Waals surface area contributed by atoms with Crippen molar-refractivity contribution in [3.63, 3.8) is 0 Å². The van der Waals surface area contributed by atoms with Gasteiger partial charge in [0, 0.05) is 3.57 Å². The van der Waals surface area contributed by atoms with Crippen molar-refractivity contribution >= 4 is 28.5 Å². The Morgan fingerprint density at radius 2 is 2.00 bits per heavy atom. The lowest BCUT2D eigenvalue weighted by molar-refractivity contribution is -0.136. The maximum absolute atomic E-state index is 11.3. The summed E-state index contributed by atoms with van der Waals surface area (Å²) >= 11 is 2.22. The molecular weight excluding hydrogens is 333 g/mol. The van der Waals surface area contributed by atoms with E-state index < -0.39 is 11.5 Å². The molecule has 17 heavy (non-hydrogen) atoms. The van der Waals surface area contributed by atoms with E-state index in [0.29, 0.717) is 13.2 Å². The maximum atomic E-state index is 11.3. The predicted octanol–water partition coefficient (Wildman–Crippen LogP) is 1.56. The van der Waals surface area contributed by atoms with E-state index in [0.717, 1.165) is 9.32 Å². The van der Waals surface area contributed by atoms with Crippen molar-refractivity contribution in [3.8, 4) is 5.75 Å². The van der Waals surface area contributed by atoms with Gasteiger partial charge in [-0.3, -0.25) is 4.79 Å². The number of carbonyl (C=O) groups excluding carboxylic acids is 1. The molecule has 4 nitrogen and oxygen atoms in total. The Bertz CT molecular complexity index is 370. The van der Waals surface area contributed by atoms with Gasteiger partial charge in [0.25, 0.3) is 5.91 Å². The number of rotatable bonds is 5. The normalized spacial score (nSPS) is 11.1. The predicted molar refractivity (Wildman–Crippen MR) is 74.0 cm³/mol. The number of carbonyl (C=O) groups is 1. The SMILES string of the molecule is CC(C)(O)C(=O)NCCOc1ccc(I)cc1. The Balaban J connectivity index is 2.25. The van der Waals surface area contributed by atoms with Crippen LogP contribution in [0.2, 0.25) is 0 Å². The summed E-state index contributed by atoms with van der Waals surface area (Å²) in [6, 6.07) is 7.65. The molecule has 94 valence electrons. The smallest absolute Gasteiger partial charge is 0.251 e. The molecule has 1 amide bonds. The van der Waals surface area contributed by atoms with Gasteiger partial charge in [-0.2, -0.15) is 0 Å². The van der Waals surface area contributed by atoms with Crippen LogP contribution in [0.15, 0.2) is 24.3 Å². The number of halogens is 1. The zero-order valence-corrected chi connectivity index (χ0v) is 12.0. The van der Waals surface area contributed by atoms with Crippen LogP contribution >= 0.6 is 22.6 Å². The molecule has 0 aliphatic rings. The number of hydrogen-bond donors (Lipinski definition) is 2. The van der Waals surface area contributed by atoms with Gasteiger partial charge in [0.05, 0.1) is 6.54 Å². The van der Waals surface area contributed by atoms with Gasteiger partial charge in [-0.15, -0.1) is 0 Å². The molecule has 0 atom stereocenters. The van der Waals surface area contributed by atoms with Gasteiger partial charge >= 0.3 is 0 Å². The topological polar surface area (TPSA) is 58.6 Å². The van der Waals surface area contributed by atoms with E-state index in [2.05, 4.69) is 27.9 Å². The highest BCUT2D eigenvalue weighted by Crippen LogP contribution is 2.13. The minimum absolute atomic E-state index is 0.370. The molecule has 0 aliphatic carbocycles. The van der Waals surface area contributed by atoms with Crippen molar-refractivity contribution in [1.82, 2.24) is 5.32 Å². The molecule has 0 unspecified atom stereocenters. The standard InChI is InChI=1S/C12H16INO3/c1-12(2,16)11(15)14-7-8-17-10-5-3-9(13)4-6-10/h3-6,16H,7-8H2,1-2H3,(H,14,15). The molecule has 1 aromatic rings. The van der Waals surface area contributed by atoms with E-state index in [1.807, 2.05) is 24.3 Å². The largest absolute Gasteiger partial charge is 0.492 e. The fourth-order valence-electron chi connectivity index (χ4n) is 1.08. The van der Waals surface area contributed by atoms with E-state index in [-0.39, 0.29) is 0 Å². The van der Waals surface area contributed by atoms with Crippen LogP contribution in [0.1, 0.15) is 13.8 Å². The summed E-state index contributed by atoms with van der Waals surface area (Å²) in [6.07, 6.45) is 0. The molecule has 0 bridgehead atoms. The van der Waals surface area contributed by atoms with Crippen LogP contribution in [0.3, 0.4) is 0 Å². The zero-order valence-electron chi connectivity index (χ0n) is 9.87. The third-order valence-corrected chi connectivity index (χ3v) is 2.74. The van der Waals surface area contributed by atoms with Crippen LogP contribution < -0.4 is 10.1 Å². The summed E-state index contributed by atoms with van der Waals surface area (Å²) in [7, 11) is 0. The van der Waals surface area contributed by atoms with Gasteiger partial charge in [0.1, 0.15) is 18.0 Å². The highest BCUT2D eigenvalue weighted by Gasteiger charge is 2.22. The summed E-state index contributed by atoms with van der Waals surface area (Å²) in [5, 5.41) is 12.0. The quantitative estimate of drug-likeness (QED) is 0.627. The Hall–Kier alpha value is -0.820. The molecule has 1 rings (SSSR count). The third kappa shape index (κ3) is 5.36. The minimum Gasteiger partial charge on any atom is -0.492 e. The number of amides is 1. The first-order valence-corrected chi connectivity index (χ1v) is 6.36. The highest BCUT2D eigenvalue weighted by molar-refractivity contribution is 14.1. The summed E-state index contributed by atoms with van der Waals surface area (Å²) < 4.78 is 6.57. The number of nitrogens with one attached hydrogen (secondary N) is 1. The lowest BCUT2D eigenvalue weighted by Gasteiger charge is -2.16. The van der Waals surface area contributed by atoms with Crippen molar-refractivity contribution in [3.05, 3.63) is 27.8 Å². The molecule has 0 aromatic heterocycles. The molecule has 1 aromatic carbocycles. The van der Waals surface area contributed by atoms with Gasteiger partial charge in [0.15, 0.2) is 0 Å². The van der Waals surface area contributed by atoms with Gasteiger partial charge in [0.2, 0.25) is 0 Å². The van der Waals surface area contributed by atoms with Gasteiger partial charge in [-0.1, -0.05) is 0 Å². The fraction of sp³-hybridized carbons (Fsp3) is 0.417. The Morgan fingerprint density at radius 3 is 2.53 bits per heavy atom. The van der Waals surface area contributed by atoms with E-state index >= 15 is 0 Å². The van der Waals surface area contributed by atoms with Crippen LogP contribution in [0.25, 0.3) is 0 Å². The van der Waals surface area contributed by atoms with Crippen molar-refractivity contribution < 1.29 is 14.6 Å². The Kier molecular flexibility index (Phi) is 5.20. The molecule has 0 saturated heterocycles. The summed E-state index contributed by atoms with van der Waals surface area (Å²) in [5.74, 6) is 0.367. The molecule has 5 heteroatoms. The molecule has 0 spiro atoms. The van der Waals surface area contributed by atoms with Gasteiger partial charge < -0.3 is 15.2 Å². The van der Waals surface area contributed by atoms with Gasteiger partial charge in [-0.05, 0) is 60.7 Å². The van der Waals surface area contributed by atoms with Crippen molar-refractivity contribution in [1.29, 1.82) is 0 Å². The number of hydrogen-bond acceptors (Lipinski definition) is 3. The van der Waals surface area contributed by atoms with Crippen LogP contribution in [-0.4, -0.2) is 29.8 Å². The van der Waals surface area contributed by atoms with Crippen molar-refractivity contribution in [2.45, 2.75) is 19.4 Å². The monoisotopic (exact) mass is 349 g/mol. The van der Waals surface area contributed by atoms with E-state index in [1.165, 1.54) is 13.8 Å². The van der Waals surface area contributed by atoms with E-state index in [1.54, 1.807) is 0 Å². The number of benzene rings is 1. The molecule has 2 N–H and O–H groups in total. The minimum atomic E-state index is -1.34. The average Bonchev–Trinajstić information content (AvgIpc) is 2.25. The second-order valence-electron chi connectivity index (χ2n) is 4.12. The summed E-state index contributed by atoms with van der Waals surface area (Å²) in [4.78, 5) is 11.3. The first kappa shape index (κ1) is 14.2. The van der Waals surface area contributed by atoms with Crippen molar-refractivity contribution in [2.75, 3.05) is 13.2 Å². The second kappa shape index (κ2) is 6.20. The number of ether oxygens (including phenoxy) is 1. The molecule has 0 heterocycles. The van der Waals surface area contributed by atoms with Gasteiger partial charge in [-0.25, -0.2) is 0 Å². The molecule has 0 aliphatic heterocycles. The summed E-state index contributed by atoms with van der Waals surface area (Å²) in [5.41, 5.74) is -1.34. The summed E-state index contributed by atoms with van der Waals surface area (Å²) in [6.45, 7) is 3.64. The molecule has 0 saturated carbocycles. The molecule has 0 radical (unpaired) electrons. The molecule has 0 fully saturated rings. The van der Waals surface area contributed by atoms with Crippen molar-refractivity contribution in [2.24, 2.45) is 0 Å². The van der Waals surface area contributed by atoms with Crippen LogP contribution in [-0.2, 0) is 4.79 Å². The lowest BCUT2D eigenvalue weighted by Crippen LogP contribution is -2.43.